The SMILES string of the molecule is CC1=C(C=O)C2(C)CON=C2CC1. The van der Waals surface area contributed by atoms with Gasteiger partial charge >= 0.3 is 0 Å². The van der Waals surface area contributed by atoms with Gasteiger partial charge in [0, 0.05) is 5.57 Å². The van der Waals surface area contributed by atoms with Crippen molar-refractivity contribution in [2.45, 2.75) is 26.7 Å². The van der Waals surface area contributed by atoms with Crippen LogP contribution in [0.1, 0.15) is 26.7 Å². The van der Waals surface area contributed by atoms with Gasteiger partial charge in [0.05, 0.1) is 11.1 Å². The van der Waals surface area contributed by atoms with Crippen LogP contribution < -0.4 is 0 Å². The molecule has 0 saturated carbocycles. The van der Waals surface area contributed by atoms with Crippen LogP contribution in [0.25, 0.3) is 0 Å². The van der Waals surface area contributed by atoms with Gasteiger partial charge in [-0.25, -0.2) is 0 Å². The van der Waals surface area contributed by atoms with E-state index < -0.39 is 0 Å². The molecule has 0 aromatic rings. The fourth-order valence-electron chi connectivity index (χ4n) is 2.12. The first-order valence-corrected chi connectivity index (χ1v) is 4.53. The number of hydrogen-bond acceptors (Lipinski definition) is 3. The van der Waals surface area contributed by atoms with Gasteiger partial charge in [-0.05, 0) is 26.7 Å². The highest BCUT2D eigenvalue weighted by molar-refractivity contribution is 6.01. The van der Waals surface area contributed by atoms with Gasteiger partial charge in [0.15, 0.2) is 0 Å². The Bertz CT molecular complexity index is 317. The van der Waals surface area contributed by atoms with Gasteiger partial charge in [-0.15, -0.1) is 0 Å². The topological polar surface area (TPSA) is 38.7 Å². The predicted molar refractivity (Wildman–Crippen MR) is 49.5 cm³/mol. The molecular formula is C10H13NO2. The first-order chi connectivity index (χ1) is 6.18. The van der Waals surface area contributed by atoms with Gasteiger partial charge in [-0.1, -0.05) is 10.7 Å². The molecule has 70 valence electrons. The van der Waals surface area contributed by atoms with Crippen molar-refractivity contribution < 1.29 is 9.63 Å². The van der Waals surface area contributed by atoms with Gasteiger partial charge in [0.25, 0.3) is 0 Å². The Balaban J connectivity index is 2.50. The maximum atomic E-state index is 10.9. The molecule has 1 atom stereocenters. The highest BCUT2D eigenvalue weighted by Gasteiger charge is 2.43. The Morgan fingerprint density at radius 1 is 1.54 bits per heavy atom. The fourth-order valence-corrected chi connectivity index (χ4v) is 2.12. The molecule has 3 nitrogen and oxygen atoms in total. The molecule has 2 rings (SSSR count). The normalized spacial score (nSPS) is 32.3. The quantitative estimate of drug-likeness (QED) is 0.574. The van der Waals surface area contributed by atoms with E-state index in [0.717, 1.165) is 30.4 Å². The lowest BCUT2D eigenvalue weighted by molar-refractivity contribution is -0.105. The summed E-state index contributed by atoms with van der Waals surface area (Å²) in [6.45, 7) is 4.57. The molecule has 1 aliphatic heterocycles. The van der Waals surface area contributed by atoms with E-state index in [0.29, 0.717) is 6.61 Å². The van der Waals surface area contributed by atoms with Crippen LogP contribution in [-0.4, -0.2) is 18.6 Å². The molecule has 1 aliphatic carbocycles. The van der Waals surface area contributed by atoms with Crippen molar-refractivity contribution in [2.75, 3.05) is 6.61 Å². The van der Waals surface area contributed by atoms with Gasteiger partial charge in [-0.3, -0.25) is 4.79 Å². The second kappa shape index (κ2) is 2.69. The molecule has 0 aromatic carbocycles. The summed E-state index contributed by atoms with van der Waals surface area (Å²) in [4.78, 5) is 16.0. The molecule has 0 spiro atoms. The Labute approximate surface area is 77.4 Å². The largest absolute Gasteiger partial charge is 0.394 e. The minimum atomic E-state index is -0.232. The molecule has 0 aromatic heterocycles. The van der Waals surface area contributed by atoms with E-state index in [1.165, 1.54) is 5.57 Å². The van der Waals surface area contributed by atoms with Crippen molar-refractivity contribution in [3.63, 3.8) is 0 Å². The van der Waals surface area contributed by atoms with Gasteiger partial charge in [0.2, 0.25) is 0 Å². The predicted octanol–water partition coefficient (Wildman–Crippen LogP) is 1.69. The number of carbonyl (C=O) groups excluding carboxylic acids is 1. The van der Waals surface area contributed by atoms with E-state index in [-0.39, 0.29) is 5.41 Å². The molecular weight excluding hydrogens is 166 g/mol. The van der Waals surface area contributed by atoms with Crippen LogP contribution in [0.15, 0.2) is 16.3 Å². The maximum absolute atomic E-state index is 10.9. The van der Waals surface area contributed by atoms with Crippen LogP contribution in [0.4, 0.5) is 0 Å². The van der Waals surface area contributed by atoms with Crippen molar-refractivity contribution in [3.8, 4) is 0 Å². The molecule has 0 radical (unpaired) electrons. The lowest BCUT2D eigenvalue weighted by atomic mass is 9.71. The van der Waals surface area contributed by atoms with Crippen LogP contribution >= 0.6 is 0 Å². The number of hydrogen-bond donors (Lipinski definition) is 0. The molecule has 13 heavy (non-hydrogen) atoms. The lowest BCUT2D eigenvalue weighted by Gasteiger charge is -2.29. The van der Waals surface area contributed by atoms with Crippen molar-refractivity contribution in [1.29, 1.82) is 0 Å². The second-order valence-electron chi connectivity index (χ2n) is 3.96. The summed E-state index contributed by atoms with van der Waals surface area (Å²) in [6, 6.07) is 0. The third kappa shape index (κ3) is 1.03. The first kappa shape index (κ1) is 8.48. The Hall–Kier alpha value is -1.12. The Kier molecular flexibility index (Phi) is 1.75. The molecule has 0 amide bonds. The summed E-state index contributed by atoms with van der Waals surface area (Å²) in [5.41, 5.74) is 2.85. The number of rotatable bonds is 1. The van der Waals surface area contributed by atoms with Crippen LogP contribution in [0.3, 0.4) is 0 Å². The Morgan fingerprint density at radius 2 is 2.31 bits per heavy atom. The van der Waals surface area contributed by atoms with Crippen LogP contribution in [0, 0.1) is 5.41 Å². The highest BCUT2D eigenvalue weighted by atomic mass is 16.6. The zero-order chi connectivity index (χ0) is 9.47. The average molecular weight is 179 g/mol. The van der Waals surface area contributed by atoms with Gasteiger partial charge in [-0.2, -0.15) is 0 Å². The monoisotopic (exact) mass is 179 g/mol. The summed E-state index contributed by atoms with van der Waals surface area (Å²) in [6.07, 6.45) is 2.82. The smallest absolute Gasteiger partial charge is 0.147 e. The molecule has 1 heterocycles. The highest BCUT2D eigenvalue weighted by Crippen LogP contribution is 2.40. The van der Waals surface area contributed by atoms with E-state index in [1.54, 1.807) is 0 Å². The summed E-state index contributed by atoms with van der Waals surface area (Å²) in [7, 11) is 0. The minimum absolute atomic E-state index is 0.232. The number of oxime groups is 1. The third-order valence-electron chi connectivity index (χ3n) is 3.07. The van der Waals surface area contributed by atoms with Gasteiger partial charge < -0.3 is 4.84 Å². The zero-order valence-corrected chi connectivity index (χ0v) is 7.96. The molecule has 3 heteroatoms. The van der Waals surface area contributed by atoms with Crippen LogP contribution in [0.5, 0.6) is 0 Å². The number of nitrogens with zero attached hydrogens (tertiary/aromatic N) is 1. The van der Waals surface area contributed by atoms with E-state index in [9.17, 15) is 4.79 Å². The summed E-state index contributed by atoms with van der Waals surface area (Å²) < 4.78 is 0. The van der Waals surface area contributed by atoms with Gasteiger partial charge in [0.1, 0.15) is 12.9 Å². The van der Waals surface area contributed by atoms with E-state index in [2.05, 4.69) is 5.16 Å². The molecule has 2 aliphatic rings. The summed E-state index contributed by atoms with van der Waals surface area (Å²) >= 11 is 0. The number of fused-ring (bicyclic) bond motifs is 1. The molecule has 0 saturated heterocycles. The molecule has 1 unspecified atom stereocenters. The van der Waals surface area contributed by atoms with Crippen molar-refractivity contribution >= 4 is 12.0 Å². The van der Waals surface area contributed by atoms with E-state index in [4.69, 9.17) is 4.84 Å². The van der Waals surface area contributed by atoms with E-state index >= 15 is 0 Å². The van der Waals surface area contributed by atoms with Crippen LogP contribution in [0.2, 0.25) is 0 Å². The third-order valence-corrected chi connectivity index (χ3v) is 3.07. The molecule has 0 bridgehead atoms. The first-order valence-electron chi connectivity index (χ1n) is 4.53. The Morgan fingerprint density at radius 3 is 3.00 bits per heavy atom. The number of aldehydes is 1. The maximum Gasteiger partial charge on any atom is 0.147 e. The van der Waals surface area contributed by atoms with Crippen molar-refractivity contribution in [2.24, 2.45) is 10.6 Å². The lowest BCUT2D eigenvalue weighted by Crippen LogP contribution is -2.34. The molecule has 0 fully saturated rings. The fraction of sp³-hybridized carbons (Fsp3) is 0.600. The summed E-state index contributed by atoms with van der Waals surface area (Å²) in [5.74, 6) is 0. The second-order valence-corrected chi connectivity index (χ2v) is 3.96. The minimum Gasteiger partial charge on any atom is -0.394 e. The number of allylic oxidation sites excluding steroid dienone is 1. The molecule has 0 N–H and O–H groups in total. The van der Waals surface area contributed by atoms with E-state index in [1.807, 2.05) is 13.8 Å². The van der Waals surface area contributed by atoms with Crippen molar-refractivity contribution in [1.82, 2.24) is 0 Å². The number of carbonyl (C=O) groups is 1. The summed E-state index contributed by atoms with van der Waals surface area (Å²) in [5, 5.41) is 3.99. The zero-order valence-electron chi connectivity index (χ0n) is 7.96. The van der Waals surface area contributed by atoms with Crippen molar-refractivity contribution in [3.05, 3.63) is 11.1 Å². The standard InChI is InChI=1S/C10H13NO2/c1-7-3-4-9-10(2,6-13-11-9)8(7)5-12/h5H,3-4,6H2,1-2H3. The van der Waals surface area contributed by atoms with Crippen LogP contribution in [-0.2, 0) is 9.63 Å². The average Bonchev–Trinajstić information content (AvgIpc) is 2.46.